The number of carbonyl (C=O) groups is 1. The molecule has 21 heavy (non-hydrogen) atoms. The van der Waals surface area contributed by atoms with Crippen LogP contribution in [0.15, 0.2) is 24.3 Å². The van der Waals surface area contributed by atoms with Crippen LogP contribution in [0.5, 0.6) is 5.75 Å². The van der Waals surface area contributed by atoms with Gasteiger partial charge in [0.25, 0.3) is 0 Å². The van der Waals surface area contributed by atoms with E-state index in [2.05, 4.69) is 5.32 Å². The predicted molar refractivity (Wildman–Crippen MR) is 86.6 cm³/mol. The molecule has 1 fully saturated rings. The van der Waals surface area contributed by atoms with Crippen LogP contribution >= 0.6 is 12.4 Å². The lowest BCUT2D eigenvalue weighted by Crippen LogP contribution is -2.38. The maximum Gasteiger partial charge on any atom is 0.224 e. The molecule has 1 aliphatic carbocycles. The molecule has 0 heterocycles. The fourth-order valence-corrected chi connectivity index (χ4v) is 2.02. The first kappa shape index (κ1) is 17.8. The number of nitrogens with one attached hydrogen (secondary N) is 1. The maximum absolute atomic E-state index is 11.9. The third-order valence-corrected chi connectivity index (χ3v) is 3.97. The lowest BCUT2D eigenvalue weighted by molar-refractivity contribution is -0.125. The van der Waals surface area contributed by atoms with Crippen LogP contribution in [-0.2, 0) is 11.3 Å². The van der Waals surface area contributed by atoms with Crippen molar-refractivity contribution >= 4 is 18.3 Å². The molecule has 2 atom stereocenters. The number of rotatable bonds is 6. The van der Waals surface area contributed by atoms with Gasteiger partial charge in [0.1, 0.15) is 5.75 Å². The van der Waals surface area contributed by atoms with E-state index < -0.39 is 0 Å². The highest BCUT2D eigenvalue weighted by Gasteiger charge is 2.21. The van der Waals surface area contributed by atoms with Gasteiger partial charge in [-0.25, -0.2) is 0 Å². The second kappa shape index (κ2) is 8.25. The molecule has 2 unspecified atom stereocenters. The quantitative estimate of drug-likeness (QED) is 0.848. The van der Waals surface area contributed by atoms with Gasteiger partial charge >= 0.3 is 0 Å². The molecule has 1 amide bonds. The largest absolute Gasteiger partial charge is 0.490 e. The zero-order chi connectivity index (χ0) is 14.5. The number of nitrogens with two attached hydrogens (primary N) is 1. The Morgan fingerprint density at radius 1 is 1.38 bits per heavy atom. The molecular formula is C16H25ClN2O2. The Morgan fingerprint density at radius 3 is 2.62 bits per heavy atom. The minimum Gasteiger partial charge on any atom is -0.490 e. The van der Waals surface area contributed by atoms with Gasteiger partial charge in [0, 0.05) is 24.1 Å². The molecule has 0 saturated heterocycles. The Kier molecular flexibility index (Phi) is 6.99. The number of hydrogen-bond donors (Lipinski definition) is 2. The molecule has 0 radical (unpaired) electrons. The van der Waals surface area contributed by atoms with Crippen molar-refractivity contribution < 1.29 is 9.53 Å². The van der Waals surface area contributed by atoms with Gasteiger partial charge in [-0.3, -0.25) is 4.79 Å². The van der Waals surface area contributed by atoms with Crippen molar-refractivity contribution in [1.29, 1.82) is 0 Å². The first-order valence-corrected chi connectivity index (χ1v) is 7.35. The average molecular weight is 313 g/mol. The molecule has 0 aliphatic heterocycles. The van der Waals surface area contributed by atoms with Gasteiger partial charge in [-0.2, -0.15) is 0 Å². The fraction of sp³-hybridized carbons (Fsp3) is 0.562. The normalized spacial score (nSPS) is 17.1. The maximum atomic E-state index is 11.9. The minimum absolute atomic E-state index is 0. The minimum atomic E-state index is -0.185. The number of hydrogen-bond acceptors (Lipinski definition) is 3. The first-order chi connectivity index (χ1) is 9.58. The van der Waals surface area contributed by atoms with Gasteiger partial charge in [-0.1, -0.05) is 25.1 Å². The molecular weight excluding hydrogens is 288 g/mol. The lowest BCUT2D eigenvalue weighted by Gasteiger charge is -2.27. The Labute approximate surface area is 132 Å². The Hall–Kier alpha value is -1.26. The van der Waals surface area contributed by atoms with Crippen LogP contribution in [0, 0.1) is 5.92 Å². The summed E-state index contributed by atoms with van der Waals surface area (Å²) in [6.07, 6.45) is 3.84. The molecule has 2 rings (SSSR count). The summed E-state index contributed by atoms with van der Waals surface area (Å²) >= 11 is 0. The molecule has 1 aromatic rings. The summed E-state index contributed by atoms with van der Waals surface area (Å²) in [5, 5.41) is 2.93. The van der Waals surface area contributed by atoms with E-state index in [-0.39, 0.29) is 30.3 Å². The smallest absolute Gasteiger partial charge is 0.224 e. The number of benzene rings is 1. The molecule has 118 valence electrons. The highest BCUT2D eigenvalue weighted by atomic mass is 35.5. The van der Waals surface area contributed by atoms with E-state index in [9.17, 15) is 4.79 Å². The summed E-state index contributed by atoms with van der Waals surface area (Å²) in [6, 6.07) is 7.74. The molecule has 1 aliphatic rings. The van der Waals surface area contributed by atoms with E-state index >= 15 is 0 Å². The van der Waals surface area contributed by atoms with E-state index in [1.54, 1.807) is 0 Å². The summed E-state index contributed by atoms with van der Waals surface area (Å²) in [7, 11) is 0. The molecule has 0 aromatic heterocycles. The Balaban J connectivity index is 0.00000220. The fourth-order valence-electron chi connectivity index (χ4n) is 2.02. The van der Waals surface area contributed by atoms with E-state index in [1.165, 1.54) is 6.42 Å². The summed E-state index contributed by atoms with van der Waals surface area (Å²) in [5.74, 6) is 0.680. The standard InChI is InChI=1S/C16H24N2O2.ClH/c1-11(12(2)17)16(19)18-10-13-6-3-4-9-15(13)20-14-7-5-8-14;/h3-4,6,9,11-12,14H,5,7-8,10,17H2,1-2H3,(H,18,19);1H. The van der Waals surface area contributed by atoms with Gasteiger partial charge in [-0.05, 0) is 32.3 Å². The molecule has 0 spiro atoms. The zero-order valence-electron chi connectivity index (χ0n) is 12.7. The van der Waals surface area contributed by atoms with Crippen LogP contribution in [0.3, 0.4) is 0 Å². The van der Waals surface area contributed by atoms with E-state index in [0.717, 1.165) is 24.2 Å². The number of ether oxygens (including phenoxy) is 1. The van der Waals surface area contributed by atoms with Crippen LogP contribution in [0.1, 0.15) is 38.7 Å². The monoisotopic (exact) mass is 312 g/mol. The summed E-state index contributed by atoms with van der Waals surface area (Å²) in [5.41, 5.74) is 6.76. The van der Waals surface area contributed by atoms with Crippen molar-refractivity contribution in [3.05, 3.63) is 29.8 Å². The predicted octanol–water partition coefficient (Wildman–Crippen LogP) is 2.64. The van der Waals surface area contributed by atoms with Gasteiger partial charge in [0.2, 0.25) is 5.91 Å². The summed E-state index contributed by atoms with van der Waals surface area (Å²) < 4.78 is 5.95. The van der Waals surface area contributed by atoms with Gasteiger partial charge in [-0.15, -0.1) is 12.4 Å². The molecule has 1 aromatic carbocycles. The van der Waals surface area contributed by atoms with Gasteiger partial charge < -0.3 is 15.8 Å². The van der Waals surface area contributed by atoms with Gasteiger partial charge in [0.05, 0.1) is 6.10 Å². The zero-order valence-corrected chi connectivity index (χ0v) is 13.5. The van der Waals surface area contributed by atoms with Crippen LogP contribution in [0.2, 0.25) is 0 Å². The molecule has 5 heteroatoms. The SMILES string of the molecule is CC(N)C(C)C(=O)NCc1ccccc1OC1CCC1.Cl. The molecule has 1 saturated carbocycles. The highest BCUT2D eigenvalue weighted by molar-refractivity contribution is 5.85. The third-order valence-electron chi connectivity index (χ3n) is 3.97. The van der Waals surface area contributed by atoms with Crippen LogP contribution < -0.4 is 15.8 Å². The van der Waals surface area contributed by atoms with Crippen LogP contribution in [0.4, 0.5) is 0 Å². The van der Waals surface area contributed by atoms with Crippen molar-refractivity contribution in [1.82, 2.24) is 5.32 Å². The average Bonchev–Trinajstić information content (AvgIpc) is 2.40. The van der Waals surface area contributed by atoms with Crippen molar-refractivity contribution in [3.63, 3.8) is 0 Å². The summed E-state index contributed by atoms with van der Waals surface area (Å²) in [6.45, 7) is 4.17. The number of amides is 1. The molecule has 4 nitrogen and oxygen atoms in total. The lowest BCUT2D eigenvalue weighted by atomic mass is 9.96. The van der Waals surface area contributed by atoms with E-state index in [1.807, 2.05) is 38.1 Å². The number of halogens is 1. The second-order valence-electron chi connectivity index (χ2n) is 5.64. The first-order valence-electron chi connectivity index (χ1n) is 7.35. The second-order valence-corrected chi connectivity index (χ2v) is 5.64. The van der Waals surface area contributed by atoms with Crippen molar-refractivity contribution in [3.8, 4) is 5.75 Å². The van der Waals surface area contributed by atoms with Crippen molar-refractivity contribution in [2.24, 2.45) is 11.7 Å². The third kappa shape index (κ3) is 4.90. The highest BCUT2D eigenvalue weighted by Crippen LogP contribution is 2.27. The van der Waals surface area contributed by atoms with Crippen molar-refractivity contribution in [2.45, 2.75) is 51.8 Å². The van der Waals surface area contributed by atoms with Gasteiger partial charge in [0.15, 0.2) is 0 Å². The van der Waals surface area contributed by atoms with E-state index in [0.29, 0.717) is 12.6 Å². The number of carbonyl (C=O) groups excluding carboxylic acids is 1. The van der Waals surface area contributed by atoms with Crippen molar-refractivity contribution in [2.75, 3.05) is 0 Å². The molecule has 0 bridgehead atoms. The van der Waals surface area contributed by atoms with E-state index in [4.69, 9.17) is 10.5 Å². The molecule has 3 N–H and O–H groups in total. The summed E-state index contributed by atoms with van der Waals surface area (Å²) in [4.78, 5) is 11.9. The number of para-hydroxylation sites is 1. The Bertz CT molecular complexity index is 461. The topological polar surface area (TPSA) is 64.4 Å². The Morgan fingerprint density at radius 2 is 2.05 bits per heavy atom. The van der Waals surface area contributed by atoms with Crippen LogP contribution in [-0.4, -0.2) is 18.1 Å². The van der Waals surface area contributed by atoms with Crippen LogP contribution in [0.25, 0.3) is 0 Å².